The molecule has 0 amide bonds. The Bertz CT molecular complexity index is 743. The van der Waals surface area contributed by atoms with E-state index in [4.69, 9.17) is 27.9 Å². The van der Waals surface area contributed by atoms with Crippen LogP contribution in [0.25, 0.3) is 11.1 Å². The maximum absolute atomic E-state index is 6.00. The van der Waals surface area contributed by atoms with Crippen molar-refractivity contribution in [2.45, 2.75) is 5.88 Å². The second kappa shape index (κ2) is 6.48. The molecule has 0 aliphatic rings. The molecule has 0 aliphatic carbocycles. The highest BCUT2D eigenvalue weighted by molar-refractivity contribution is 7.14. The van der Waals surface area contributed by atoms with E-state index in [-0.39, 0.29) is 0 Å². The van der Waals surface area contributed by atoms with Gasteiger partial charge in [0.1, 0.15) is 10.9 Å². The molecule has 0 unspecified atom stereocenters. The molecular formula is C16H11Cl2NOS. The predicted octanol–water partition coefficient (Wildman–Crippen LogP) is 5.99. The van der Waals surface area contributed by atoms with Gasteiger partial charge in [0, 0.05) is 5.56 Å². The molecular weight excluding hydrogens is 325 g/mol. The van der Waals surface area contributed by atoms with Gasteiger partial charge in [-0.25, -0.2) is 0 Å². The molecule has 0 spiro atoms. The molecule has 0 bridgehead atoms. The highest BCUT2D eigenvalue weighted by Crippen LogP contribution is 2.37. The molecule has 2 nitrogen and oxygen atoms in total. The highest BCUT2D eigenvalue weighted by Gasteiger charge is 2.12. The van der Waals surface area contributed by atoms with E-state index in [9.17, 15) is 0 Å². The van der Waals surface area contributed by atoms with Crippen LogP contribution >= 0.6 is 34.5 Å². The number of halogens is 2. The summed E-state index contributed by atoms with van der Waals surface area (Å²) in [5.41, 5.74) is 2.10. The fraction of sp³-hybridized carbons (Fsp3) is 0.0625. The molecule has 0 fully saturated rings. The Balaban J connectivity index is 1.96. The monoisotopic (exact) mass is 335 g/mol. The lowest BCUT2D eigenvalue weighted by molar-refractivity contribution is 0.480. The molecule has 2 aromatic carbocycles. The topological polar surface area (TPSA) is 22.1 Å². The first kappa shape index (κ1) is 14.4. The van der Waals surface area contributed by atoms with Gasteiger partial charge in [0.05, 0.1) is 10.8 Å². The Kier molecular flexibility index (Phi) is 4.44. The van der Waals surface area contributed by atoms with Crippen LogP contribution in [0.4, 0.5) is 0 Å². The van der Waals surface area contributed by atoms with Gasteiger partial charge in [0.15, 0.2) is 0 Å². The van der Waals surface area contributed by atoms with E-state index in [1.807, 2.05) is 54.6 Å². The van der Waals surface area contributed by atoms with E-state index >= 15 is 0 Å². The molecule has 106 valence electrons. The normalized spacial score (nSPS) is 10.6. The lowest BCUT2D eigenvalue weighted by Gasteiger charge is -2.08. The number of thiazole rings is 1. The lowest BCUT2D eigenvalue weighted by atomic mass is 10.1. The summed E-state index contributed by atoms with van der Waals surface area (Å²) in [7, 11) is 0. The molecule has 0 atom stereocenters. The Morgan fingerprint density at radius 1 is 1.00 bits per heavy atom. The van der Waals surface area contributed by atoms with Crippen molar-refractivity contribution in [2.75, 3.05) is 0 Å². The maximum Gasteiger partial charge on any atom is 0.280 e. The molecule has 5 heteroatoms. The third kappa shape index (κ3) is 3.21. The average molecular weight is 336 g/mol. The first-order valence-corrected chi connectivity index (χ1v) is 8.04. The fourth-order valence-electron chi connectivity index (χ4n) is 1.94. The SMILES string of the molecule is ClCc1sc(Oc2ccccc2-c2ccccc2)nc1Cl. The number of rotatable bonds is 4. The smallest absolute Gasteiger partial charge is 0.280 e. The van der Waals surface area contributed by atoms with E-state index in [0.29, 0.717) is 16.2 Å². The van der Waals surface area contributed by atoms with Gasteiger partial charge in [-0.15, -0.1) is 11.6 Å². The Labute approximate surface area is 136 Å². The van der Waals surface area contributed by atoms with E-state index in [0.717, 1.165) is 21.8 Å². The first-order valence-electron chi connectivity index (χ1n) is 6.31. The van der Waals surface area contributed by atoms with Crippen LogP contribution in [0.5, 0.6) is 10.9 Å². The van der Waals surface area contributed by atoms with E-state index < -0.39 is 0 Å². The third-order valence-electron chi connectivity index (χ3n) is 2.92. The van der Waals surface area contributed by atoms with Gasteiger partial charge < -0.3 is 4.74 Å². The number of hydrogen-bond donors (Lipinski definition) is 0. The summed E-state index contributed by atoms with van der Waals surface area (Å²) >= 11 is 13.2. The Morgan fingerprint density at radius 2 is 1.71 bits per heavy atom. The van der Waals surface area contributed by atoms with Crippen molar-refractivity contribution in [3.63, 3.8) is 0 Å². The molecule has 0 saturated carbocycles. The van der Waals surface area contributed by atoms with Gasteiger partial charge in [-0.05, 0) is 11.6 Å². The van der Waals surface area contributed by atoms with Gasteiger partial charge in [0.2, 0.25) is 0 Å². The number of ether oxygens (including phenoxy) is 1. The van der Waals surface area contributed by atoms with Crippen molar-refractivity contribution in [1.82, 2.24) is 4.98 Å². The summed E-state index contributed by atoms with van der Waals surface area (Å²) in [6.45, 7) is 0. The number of alkyl halides is 1. The number of hydrogen-bond acceptors (Lipinski definition) is 3. The quantitative estimate of drug-likeness (QED) is 0.546. The minimum absolute atomic E-state index is 0.334. The van der Waals surface area contributed by atoms with Gasteiger partial charge >= 0.3 is 0 Å². The fourth-order valence-corrected chi connectivity index (χ4v) is 3.28. The highest BCUT2D eigenvalue weighted by atomic mass is 35.5. The number of benzene rings is 2. The minimum atomic E-state index is 0.334. The van der Waals surface area contributed by atoms with Gasteiger partial charge in [-0.2, -0.15) is 4.98 Å². The van der Waals surface area contributed by atoms with Gasteiger partial charge in [-0.1, -0.05) is 71.5 Å². The number of para-hydroxylation sites is 1. The summed E-state index contributed by atoms with van der Waals surface area (Å²) in [4.78, 5) is 5.00. The molecule has 21 heavy (non-hydrogen) atoms. The van der Waals surface area contributed by atoms with E-state index in [1.54, 1.807) is 0 Å². The average Bonchev–Trinajstić information content (AvgIpc) is 2.88. The van der Waals surface area contributed by atoms with Gasteiger partial charge in [0.25, 0.3) is 5.19 Å². The largest absolute Gasteiger partial charge is 0.430 e. The summed E-state index contributed by atoms with van der Waals surface area (Å²) in [6, 6.07) is 17.9. The molecule has 0 saturated heterocycles. The molecule has 0 N–H and O–H groups in total. The lowest BCUT2D eigenvalue weighted by Crippen LogP contribution is -1.87. The van der Waals surface area contributed by atoms with Crippen LogP contribution in [-0.2, 0) is 5.88 Å². The van der Waals surface area contributed by atoms with Crippen molar-refractivity contribution < 1.29 is 4.74 Å². The summed E-state index contributed by atoms with van der Waals surface area (Å²) in [6.07, 6.45) is 0. The Morgan fingerprint density at radius 3 is 2.43 bits per heavy atom. The summed E-state index contributed by atoms with van der Waals surface area (Å²) in [5, 5.41) is 0.904. The van der Waals surface area contributed by atoms with Crippen LogP contribution in [0.1, 0.15) is 4.88 Å². The second-order valence-electron chi connectivity index (χ2n) is 4.29. The van der Waals surface area contributed by atoms with Crippen molar-refractivity contribution in [3.8, 4) is 22.1 Å². The summed E-state index contributed by atoms with van der Waals surface area (Å²) in [5.74, 6) is 1.08. The maximum atomic E-state index is 6.00. The van der Waals surface area contributed by atoms with Crippen LogP contribution < -0.4 is 4.74 Å². The van der Waals surface area contributed by atoms with Crippen LogP contribution in [-0.4, -0.2) is 4.98 Å². The third-order valence-corrected chi connectivity index (χ3v) is 4.70. The Hall–Kier alpha value is -1.55. The second-order valence-corrected chi connectivity index (χ2v) is 5.96. The predicted molar refractivity (Wildman–Crippen MR) is 88.6 cm³/mol. The minimum Gasteiger partial charge on any atom is -0.430 e. The van der Waals surface area contributed by atoms with Crippen LogP contribution in [0.3, 0.4) is 0 Å². The van der Waals surface area contributed by atoms with E-state index in [2.05, 4.69) is 4.98 Å². The zero-order chi connectivity index (χ0) is 14.7. The number of aromatic nitrogens is 1. The molecule has 0 aliphatic heterocycles. The van der Waals surface area contributed by atoms with Crippen LogP contribution in [0.2, 0.25) is 5.15 Å². The van der Waals surface area contributed by atoms with E-state index in [1.165, 1.54) is 11.3 Å². The molecule has 0 radical (unpaired) electrons. The van der Waals surface area contributed by atoms with Crippen molar-refractivity contribution in [1.29, 1.82) is 0 Å². The molecule has 3 aromatic rings. The molecule has 3 rings (SSSR count). The van der Waals surface area contributed by atoms with Crippen LogP contribution in [0, 0.1) is 0 Å². The molecule has 1 aromatic heterocycles. The van der Waals surface area contributed by atoms with Crippen molar-refractivity contribution in [2.24, 2.45) is 0 Å². The molecule has 1 heterocycles. The standard InChI is InChI=1S/C16H11Cl2NOS/c17-10-14-15(18)19-16(21-14)20-13-9-5-4-8-12(13)11-6-2-1-3-7-11/h1-9H,10H2. The van der Waals surface area contributed by atoms with Gasteiger partial charge in [-0.3, -0.25) is 0 Å². The number of nitrogens with zero attached hydrogens (tertiary/aromatic N) is 1. The van der Waals surface area contributed by atoms with Crippen LogP contribution in [0.15, 0.2) is 54.6 Å². The van der Waals surface area contributed by atoms with Crippen molar-refractivity contribution in [3.05, 3.63) is 64.6 Å². The summed E-state index contributed by atoms with van der Waals surface area (Å²) < 4.78 is 5.89. The zero-order valence-corrected chi connectivity index (χ0v) is 13.3. The van der Waals surface area contributed by atoms with Crippen molar-refractivity contribution >= 4 is 34.5 Å². The zero-order valence-electron chi connectivity index (χ0n) is 10.9. The first-order chi connectivity index (χ1) is 10.3.